The zero-order valence-corrected chi connectivity index (χ0v) is 20.9. The lowest BCUT2D eigenvalue weighted by Gasteiger charge is -2.31. The van der Waals surface area contributed by atoms with E-state index in [0.717, 1.165) is 68.1 Å². The number of nitrogens with zero attached hydrogens (tertiary/aromatic N) is 4. The number of imidazole rings is 1. The first kappa shape index (κ1) is 23.8. The standard InChI is InChI=1S/C25H32ClN7O2/c1-15-14-35-11-10-21(15)30-24-27-13-22-23(32-24)33(20-8-6-18(7-9-20)28-16(2)34)25(31-22)29-19-5-3-4-17(26)12-19/h3-5,12-13,15,18,20-21H,6-11,14H2,1-2H3,(H,28,34)(H,29,31)(H,27,30,32)/t15-,18?,20?,21+/m1/s1. The van der Waals surface area contributed by atoms with E-state index in [9.17, 15) is 4.79 Å². The van der Waals surface area contributed by atoms with E-state index in [4.69, 9.17) is 26.3 Å². The van der Waals surface area contributed by atoms with Crippen molar-refractivity contribution in [1.29, 1.82) is 0 Å². The summed E-state index contributed by atoms with van der Waals surface area (Å²) in [5.41, 5.74) is 2.40. The normalized spacial score (nSPS) is 24.8. The number of halogens is 1. The monoisotopic (exact) mass is 497 g/mol. The van der Waals surface area contributed by atoms with Crippen LogP contribution in [0.1, 0.15) is 52.0 Å². The maximum absolute atomic E-state index is 11.5. The van der Waals surface area contributed by atoms with Crippen LogP contribution in [0.15, 0.2) is 30.5 Å². The van der Waals surface area contributed by atoms with Crippen molar-refractivity contribution in [3.63, 3.8) is 0 Å². The Morgan fingerprint density at radius 3 is 2.74 bits per heavy atom. The molecular formula is C25H32ClN7O2. The van der Waals surface area contributed by atoms with Crippen molar-refractivity contribution in [1.82, 2.24) is 24.8 Å². The van der Waals surface area contributed by atoms with Gasteiger partial charge in [-0.2, -0.15) is 4.98 Å². The smallest absolute Gasteiger partial charge is 0.224 e. The predicted molar refractivity (Wildman–Crippen MR) is 137 cm³/mol. The molecule has 5 rings (SSSR count). The maximum Gasteiger partial charge on any atom is 0.224 e. The summed E-state index contributed by atoms with van der Waals surface area (Å²) in [4.78, 5) is 25.9. The third-order valence-corrected chi connectivity index (χ3v) is 7.17. The van der Waals surface area contributed by atoms with Crippen molar-refractivity contribution in [3.8, 4) is 0 Å². The van der Waals surface area contributed by atoms with Gasteiger partial charge >= 0.3 is 0 Å². The van der Waals surface area contributed by atoms with E-state index in [-0.39, 0.29) is 24.0 Å². The quantitative estimate of drug-likeness (QED) is 0.454. The Morgan fingerprint density at radius 1 is 1.17 bits per heavy atom. The summed E-state index contributed by atoms with van der Waals surface area (Å²) in [6, 6.07) is 8.29. The van der Waals surface area contributed by atoms with Crippen LogP contribution < -0.4 is 16.0 Å². The topological polar surface area (TPSA) is 106 Å². The number of nitrogens with one attached hydrogen (secondary N) is 3. The highest BCUT2D eigenvalue weighted by molar-refractivity contribution is 6.30. The summed E-state index contributed by atoms with van der Waals surface area (Å²) in [5, 5.41) is 10.7. The lowest BCUT2D eigenvalue weighted by Crippen LogP contribution is -2.37. The molecular weight excluding hydrogens is 466 g/mol. The second-order valence-corrected chi connectivity index (χ2v) is 10.1. The maximum atomic E-state index is 11.5. The van der Waals surface area contributed by atoms with Crippen LogP contribution >= 0.6 is 11.6 Å². The van der Waals surface area contributed by atoms with Crippen molar-refractivity contribution in [2.24, 2.45) is 5.92 Å². The molecule has 0 radical (unpaired) electrons. The minimum absolute atomic E-state index is 0.0237. The van der Waals surface area contributed by atoms with Crippen LogP contribution in [0, 0.1) is 5.92 Å². The molecule has 35 heavy (non-hydrogen) atoms. The summed E-state index contributed by atoms with van der Waals surface area (Å²) < 4.78 is 7.78. The number of hydrogen-bond acceptors (Lipinski definition) is 7. The second kappa shape index (κ2) is 10.4. The van der Waals surface area contributed by atoms with Gasteiger partial charge in [-0.15, -0.1) is 0 Å². The molecule has 2 aliphatic rings. The SMILES string of the molecule is CC(=O)NC1CCC(n2c(Nc3cccc(Cl)c3)nc3cnc(N[C@H]4CCOC[C@H]4C)nc32)CC1. The summed E-state index contributed by atoms with van der Waals surface area (Å²) in [6.45, 7) is 5.24. The Hall–Kier alpha value is -2.91. The Bertz CT molecular complexity index is 1190. The second-order valence-electron chi connectivity index (χ2n) is 9.64. The molecule has 1 amide bonds. The van der Waals surface area contributed by atoms with Gasteiger partial charge in [-0.1, -0.05) is 24.6 Å². The van der Waals surface area contributed by atoms with E-state index in [1.165, 1.54) is 0 Å². The number of anilines is 3. The molecule has 186 valence electrons. The molecule has 3 heterocycles. The molecule has 9 nitrogen and oxygen atoms in total. The molecule has 3 N–H and O–H groups in total. The van der Waals surface area contributed by atoms with Crippen LogP contribution in [0.2, 0.25) is 5.02 Å². The minimum atomic E-state index is 0.0237. The lowest BCUT2D eigenvalue weighted by molar-refractivity contribution is -0.119. The van der Waals surface area contributed by atoms with E-state index < -0.39 is 0 Å². The fourth-order valence-corrected chi connectivity index (χ4v) is 5.31. The fourth-order valence-electron chi connectivity index (χ4n) is 5.12. The average Bonchev–Trinajstić information content (AvgIpc) is 3.18. The van der Waals surface area contributed by atoms with E-state index >= 15 is 0 Å². The van der Waals surface area contributed by atoms with Crippen LogP contribution in [0.25, 0.3) is 11.2 Å². The number of fused-ring (bicyclic) bond motifs is 1. The first-order chi connectivity index (χ1) is 17.0. The number of aromatic nitrogens is 4. The molecule has 1 saturated carbocycles. The van der Waals surface area contributed by atoms with Crippen LogP contribution in [-0.4, -0.2) is 50.7 Å². The van der Waals surface area contributed by atoms with Gasteiger partial charge in [-0.25, -0.2) is 9.97 Å². The van der Waals surface area contributed by atoms with Crippen LogP contribution in [-0.2, 0) is 9.53 Å². The van der Waals surface area contributed by atoms with Gasteiger partial charge in [0.2, 0.25) is 17.8 Å². The van der Waals surface area contributed by atoms with Crippen molar-refractivity contribution in [2.45, 2.75) is 64.1 Å². The van der Waals surface area contributed by atoms with Gasteiger partial charge in [-0.3, -0.25) is 9.36 Å². The third kappa shape index (κ3) is 5.51. The van der Waals surface area contributed by atoms with Gasteiger partial charge in [0.25, 0.3) is 0 Å². The predicted octanol–water partition coefficient (Wildman–Crippen LogP) is 4.68. The number of amides is 1. The Labute approximate surface area is 210 Å². The molecule has 1 saturated heterocycles. The largest absolute Gasteiger partial charge is 0.381 e. The minimum Gasteiger partial charge on any atom is -0.381 e. The molecule has 0 spiro atoms. The van der Waals surface area contributed by atoms with Gasteiger partial charge in [0.15, 0.2) is 5.65 Å². The van der Waals surface area contributed by atoms with Crippen molar-refractivity contribution in [3.05, 3.63) is 35.5 Å². The van der Waals surface area contributed by atoms with E-state index in [1.807, 2.05) is 24.3 Å². The number of carbonyl (C=O) groups excluding carboxylic acids is 1. The summed E-state index contributed by atoms with van der Waals surface area (Å²) in [7, 11) is 0. The van der Waals surface area contributed by atoms with Gasteiger partial charge in [0, 0.05) is 42.4 Å². The average molecular weight is 498 g/mol. The van der Waals surface area contributed by atoms with Gasteiger partial charge in [-0.05, 0) is 56.2 Å². The van der Waals surface area contributed by atoms with E-state index in [1.54, 1.807) is 13.1 Å². The molecule has 0 bridgehead atoms. The van der Waals surface area contributed by atoms with Crippen molar-refractivity contribution < 1.29 is 9.53 Å². The van der Waals surface area contributed by atoms with Gasteiger partial charge in [0.05, 0.1) is 12.8 Å². The number of ether oxygens (including phenoxy) is 1. The summed E-state index contributed by atoms with van der Waals surface area (Å²) in [5.74, 6) is 1.74. The van der Waals surface area contributed by atoms with E-state index in [2.05, 4.69) is 32.4 Å². The van der Waals surface area contributed by atoms with Crippen molar-refractivity contribution >= 4 is 46.3 Å². The Kier molecular flexibility index (Phi) is 7.06. The number of benzene rings is 1. The molecule has 2 fully saturated rings. The number of carbonyl (C=O) groups is 1. The zero-order chi connectivity index (χ0) is 24.4. The Balaban J connectivity index is 1.47. The number of hydrogen-bond donors (Lipinski definition) is 3. The highest BCUT2D eigenvalue weighted by Crippen LogP contribution is 2.35. The Morgan fingerprint density at radius 2 is 2.00 bits per heavy atom. The first-order valence-electron chi connectivity index (χ1n) is 12.3. The molecule has 2 aromatic heterocycles. The van der Waals surface area contributed by atoms with Gasteiger partial charge in [0.1, 0.15) is 5.52 Å². The lowest BCUT2D eigenvalue weighted by atomic mass is 9.91. The zero-order valence-electron chi connectivity index (χ0n) is 20.1. The molecule has 10 heteroatoms. The van der Waals surface area contributed by atoms with E-state index in [0.29, 0.717) is 16.9 Å². The van der Waals surface area contributed by atoms with Crippen LogP contribution in [0.3, 0.4) is 0 Å². The highest BCUT2D eigenvalue weighted by atomic mass is 35.5. The van der Waals surface area contributed by atoms with Crippen LogP contribution in [0.5, 0.6) is 0 Å². The summed E-state index contributed by atoms with van der Waals surface area (Å²) >= 11 is 6.22. The van der Waals surface area contributed by atoms with Gasteiger partial charge < -0.3 is 20.7 Å². The first-order valence-corrected chi connectivity index (χ1v) is 12.7. The molecule has 1 aliphatic heterocycles. The third-order valence-electron chi connectivity index (χ3n) is 6.94. The van der Waals surface area contributed by atoms with Crippen LogP contribution in [0.4, 0.5) is 17.6 Å². The highest BCUT2D eigenvalue weighted by Gasteiger charge is 2.28. The fraction of sp³-hybridized carbons (Fsp3) is 0.520. The molecule has 2 atom stereocenters. The summed E-state index contributed by atoms with van der Waals surface area (Å²) in [6.07, 6.45) is 6.38. The molecule has 1 aromatic carbocycles. The molecule has 0 unspecified atom stereocenters. The molecule has 3 aromatic rings. The van der Waals surface area contributed by atoms with Crippen molar-refractivity contribution in [2.75, 3.05) is 23.8 Å². The number of rotatable bonds is 6. The molecule has 1 aliphatic carbocycles.